The van der Waals surface area contributed by atoms with Crippen molar-refractivity contribution in [2.24, 2.45) is 0 Å². The van der Waals surface area contributed by atoms with E-state index in [1.165, 1.54) is 11.8 Å². The summed E-state index contributed by atoms with van der Waals surface area (Å²) in [6.07, 6.45) is 2.61. The van der Waals surface area contributed by atoms with Crippen LogP contribution in [0, 0.1) is 13.8 Å². The van der Waals surface area contributed by atoms with Gasteiger partial charge in [-0.05, 0) is 56.9 Å². The lowest BCUT2D eigenvalue weighted by Gasteiger charge is -2.35. The fourth-order valence-electron chi connectivity index (χ4n) is 2.94. The van der Waals surface area contributed by atoms with Gasteiger partial charge in [0.2, 0.25) is 15.9 Å². The first kappa shape index (κ1) is 18.9. The van der Waals surface area contributed by atoms with Crippen LogP contribution in [0.2, 0.25) is 0 Å². The Bertz CT molecular complexity index is 695. The molecule has 0 aliphatic carbocycles. The van der Waals surface area contributed by atoms with Crippen molar-refractivity contribution in [1.29, 1.82) is 0 Å². The number of nitrogens with one attached hydrogen (secondary N) is 2. The van der Waals surface area contributed by atoms with Gasteiger partial charge in [-0.3, -0.25) is 9.69 Å². The molecule has 1 aromatic carbocycles. The zero-order valence-corrected chi connectivity index (χ0v) is 15.6. The number of carbonyl (C=O) groups is 1. The number of likely N-dealkylation sites (tertiary alicyclic amines) is 1. The third-order valence-electron chi connectivity index (χ3n) is 4.61. The second-order valence-corrected chi connectivity index (χ2v) is 8.44. The van der Waals surface area contributed by atoms with Crippen molar-refractivity contribution in [3.63, 3.8) is 0 Å². The minimum Gasteiger partial charge on any atom is -0.325 e. The maximum absolute atomic E-state index is 12.5. The highest BCUT2D eigenvalue weighted by Crippen LogP contribution is 2.17. The van der Waals surface area contributed by atoms with E-state index >= 15 is 0 Å². The van der Waals surface area contributed by atoms with Crippen LogP contribution in [0.25, 0.3) is 0 Å². The number of benzene rings is 1. The Morgan fingerprint density at radius 1 is 1.21 bits per heavy atom. The molecule has 0 bridgehead atoms. The van der Waals surface area contributed by atoms with Crippen LogP contribution in [-0.2, 0) is 14.8 Å². The molecule has 2 N–H and O–H groups in total. The highest BCUT2D eigenvalue weighted by atomic mass is 32.2. The van der Waals surface area contributed by atoms with Crippen LogP contribution in [0.1, 0.15) is 30.9 Å². The minimum atomic E-state index is -3.17. The summed E-state index contributed by atoms with van der Waals surface area (Å²) >= 11 is 0. The summed E-state index contributed by atoms with van der Waals surface area (Å²) in [5.41, 5.74) is 3.15. The molecule has 1 aromatic rings. The van der Waals surface area contributed by atoms with Crippen molar-refractivity contribution in [3.05, 3.63) is 29.3 Å². The summed E-state index contributed by atoms with van der Waals surface area (Å²) < 4.78 is 25.2. The molecule has 7 heteroatoms. The molecule has 2 rings (SSSR count). The molecule has 0 saturated carbocycles. The number of aryl methyl sites for hydroxylation is 2. The third kappa shape index (κ3) is 5.29. The van der Waals surface area contributed by atoms with Crippen molar-refractivity contribution < 1.29 is 13.2 Å². The Kier molecular flexibility index (Phi) is 6.01. The second kappa shape index (κ2) is 7.63. The molecule has 134 valence electrons. The molecule has 1 aliphatic rings. The highest BCUT2D eigenvalue weighted by Gasteiger charge is 2.27. The third-order valence-corrected chi connectivity index (χ3v) is 5.37. The number of nitrogens with zero attached hydrogens (tertiary/aromatic N) is 1. The minimum absolute atomic E-state index is 0.0345. The van der Waals surface area contributed by atoms with E-state index in [9.17, 15) is 13.2 Å². The fraction of sp³-hybridized carbons (Fsp3) is 0.588. The normalized spacial score (nSPS) is 18.3. The molecule has 24 heavy (non-hydrogen) atoms. The van der Waals surface area contributed by atoms with Crippen LogP contribution in [0.5, 0.6) is 0 Å². The number of piperidine rings is 1. The summed E-state index contributed by atoms with van der Waals surface area (Å²) in [7, 11) is -3.17. The van der Waals surface area contributed by atoms with Crippen LogP contribution in [0.15, 0.2) is 18.2 Å². The summed E-state index contributed by atoms with van der Waals surface area (Å²) in [5, 5.41) is 2.96. The van der Waals surface area contributed by atoms with Crippen molar-refractivity contribution in [2.75, 3.05) is 24.7 Å². The SMILES string of the molecule is Cc1ccc(NC(=O)C(C)N2CCC(NS(C)(=O)=O)CC2)cc1C. The first-order valence-electron chi connectivity index (χ1n) is 8.25. The number of anilines is 1. The molecule has 1 saturated heterocycles. The lowest BCUT2D eigenvalue weighted by Crippen LogP contribution is -2.50. The quantitative estimate of drug-likeness (QED) is 0.844. The molecule has 1 heterocycles. The second-order valence-electron chi connectivity index (χ2n) is 6.66. The molecule has 0 radical (unpaired) electrons. The Morgan fingerprint density at radius 3 is 2.38 bits per heavy atom. The van der Waals surface area contributed by atoms with Gasteiger partial charge in [-0.25, -0.2) is 13.1 Å². The topological polar surface area (TPSA) is 78.5 Å². The van der Waals surface area contributed by atoms with Crippen molar-refractivity contribution >= 4 is 21.6 Å². The van der Waals surface area contributed by atoms with Crippen molar-refractivity contribution in [3.8, 4) is 0 Å². The van der Waals surface area contributed by atoms with E-state index in [1.807, 2.05) is 39.0 Å². The zero-order valence-electron chi connectivity index (χ0n) is 14.8. The molecule has 1 fully saturated rings. The number of sulfonamides is 1. The van der Waals surface area contributed by atoms with Crippen molar-refractivity contribution in [2.45, 2.75) is 45.7 Å². The lowest BCUT2D eigenvalue weighted by atomic mass is 10.0. The van der Waals surface area contributed by atoms with E-state index in [0.717, 1.165) is 11.3 Å². The number of hydrogen-bond donors (Lipinski definition) is 2. The Balaban J connectivity index is 1.89. The monoisotopic (exact) mass is 353 g/mol. The molecular formula is C17H27N3O3S. The zero-order chi connectivity index (χ0) is 17.9. The van der Waals surface area contributed by atoms with Crippen LogP contribution in [0.3, 0.4) is 0 Å². The maximum atomic E-state index is 12.5. The molecule has 0 aromatic heterocycles. The highest BCUT2D eigenvalue weighted by molar-refractivity contribution is 7.88. The smallest absolute Gasteiger partial charge is 0.241 e. The van der Waals surface area contributed by atoms with Crippen LogP contribution < -0.4 is 10.0 Å². The molecule has 1 atom stereocenters. The standard InChI is InChI=1S/C17H27N3O3S/c1-12-5-6-16(11-13(12)2)18-17(21)14(3)20-9-7-15(8-10-20)19-24(4,22)23/h5-6,11,14-15,19H,7-10H2,1-4H3,(H,18,21). The summed E-state index contributed by atoms with van der Waals surface area (Å²) in [4.78, 5) is 14.5. The number of carbonyl (C=O) groups excluding carboxylic acids is 1. The fourth-order valence-corrected chi connectivity index (χ4v) is 3.78. The van der Waals surface area contributed by atoms with E-state index in [-0.39, 0.29) is 18.0 Å². The van der Waals surface area contributed by atoms with Gasteiger partial charge < -0.3 is 5.32 Å². The van der Waals surface area contributed by atoms with E-state index < -0.39 is 10.0 Å². The van der Waals surface area contributed by atoms with Gasteiger partial charge in [0.05, 0.1) is 12.3 Å². The Hall–Kier alpha value is -1.44. The molecule has 1 unspecified atom stereocenters. The molecule has 6 nitrogen and oxygen atoms in total. The number of amides is 1. The van der Waals surface area contributed by atoms with Gasteiger partial charge in [0.1, 0.15) is 0 Å². The predicted octanol–water partition coefficient (Wildman–Crippen LogP) is 1.64. The van der Waals surface area contributed by atoms with E-state index in [0.29, 0.717) is 25.9 Å². The van der Waals surface area contributed by atoms with Gasteiger partial charge in [0.15, 0.2) is 0 Å². The summed E-state index contributed by atoms with van der Waals surface area (Å²) in [6.45, 7) is 7.36. The predicted molar refractivity (Wildman–Crippen MR) is 96.6 cm³/mol. The summed E-state index contributed by atoms with van der Waals surface area (Å²) in [6, 6.07) is 5.60. The first-order chi connectivity index (χ1) is 11.2. The Morgan fingerprint density at radius 2 is 1.83 bits per heavy atom. The van der Waals surface area contributed by atoms with Gasteiger partial charge in [0, 0.05) is 24.8 Å². The molecule has 1 aliphatic heterocycles. The van der Waals surface area contributed by atoms with Gasteiger partial charge in [-0.2, -0.15) is 0 Å². The van der Waals surface area contributed by atoms with Gasteiger partial charge in [-0.1, -0.05) is 6.07 Å². The Labute approximate surface area is 144 Å². The van der Waals surface area contributed by atoms with E-state index in [2.05, 4.69) is 14.9 Å². The maximum Gasteiger partial charge on any atom is 0.241 e. The van der Waals surface area contributed by atoms with Gasteiger partial charge >= 0.3 is 0 Å². The first-order valence-corrected chi connectivity index (χ1v) is 10.1. The van der Waals surface area contributed by atoms with Gasteiger partial charge in [0.25, 0.3) is 0 Å². The van der Waals surface area contributed by atoms with Crippen molar-refractivity contribution in [1.82, 2.24) is 9.62 Å². The molecular weight excluding hydrogens is 326 g/mol. The average Bonchev–Trinajstić information content (AvgIpc) is 2.49. The van der Waals surface area contributed by atoms with Crippen LogP contribution in [0.4, 0.5) is 5.69 Å². The summed E-state index contributed by atoms with van der Waals surface area (Å²) in [5.74, 6) is -0.0345. The van der Waals surface area contributed by atoms with Crippen LogP contribution in [-0.4, -0.2) is 50.7 Å². The van der Waals surface area contributed by atoms with E-state index in [4.69, 9.17) is 0 Å². The van der Waals surface area contributed by atoms with E-state index in [1.54, 1.807) is 0 Å². The number of hydrogen-bond acceptors (Lipinski definition) is 4. The van der Waals surface area contributed by atoms with Crippen LogP contribution >= 0.6 is 0 Å². The lowest BCUT2D eigenvalue weighted by molar-refractivity contribution is -0.121. The molecule has 1 amide bonds. The largest absolute Gasteiger partial charge is 0.325 e. The molecule has 0 spiro atoms. The number of rotatable bonds is 5. The average molecular weight is 353 g/mol. The van der Waals surface area contributed by atoms with Gasteiger partial charge in [-0.15, -0.1) is 0 Å².